The van der Waals surface area contributed by atoms with Crippen molar-refractivity contribution < 1.29 is 63.2 Å². The predicted octanol–water partition coefficient (Wildman–Crippen LogP) is 11.3. The number of hydrogen-bond acceptors (Lipinski definition) is 8. The summed E-state index contributed by atoms with van der Waals surface area (Å²) in [4.78, 5) is 1.31. The fourth-order valence-electron chi connectivity index (χ4n) is 9.48. The van der Waals surface area contributed by atoms with E-state index in [-0.39, 0.29) is 24.7 Å². The summed E-state index contributed by atoms with van der Waals surface area (Å²) in [5.41, 5.74) is -3.58. The molecule has 17 heteroatoms. The standard InChI is InChI=1S/C41H62F9NO5S2/c1-37-18-17-33-32-14-12-31(54-21-9-25-58-57-24-8-6-5-7-10-29(27-52-3)28-53-4)26-30(32)11-13-34(33)35(37)15-16-36(37)55-22-19-51(2)20-23-56-38(39(42,43)44,40(45,46)47)41(48,49)50/h12,14,26,29,33-36H,5-11,13,15-25,27-28H2,1-4H3. The molecular formula is C41H62F9NO5S2. The highest BCUT2D eigenvalue weighted by atomic mass is 33.1. The number of unbranched alkanes of at least 4 members (excludes halogenated alkanes) is 3. The van der Waals surface area contributed by atoms with Crippen LogP contribution in [0.4, 0.5) is 39.5 Å². The molecule has 1 aromatic rings. The second kappa shape index (κ2) is 22.3. The highest BCUT2D eigenvalue weighted by Gasteiger charge is 2.85. The van der Waals surface area contributed by atoms with Crippen molar-refractivity contribution in [2.75, 3.05) is 78.9 Å². The van der Waals surface area contributed by atoms with Gasteiger partial charge in [-0.05, 0) is 111 Å². The molecule has 0 spiro atoms. The van der Waals surface area contributed by atoms with E-state index in [0.717, 1.165) is 81.8 Å². The molecule has 0 radical (unpaired) electrons. The minimum atomic E-state index is -6.74. The Labute approximate surface area is 346 Å². The molecule has 3 aliphatic carbocycles. The van der Waals surface area contributed by atoms with Crippen LogP contribution in [-0.4, -0.2) is 114 Å². The minimum Gasteiger partial charge on any atom is -0.494 e. The van der Waals surface area contributed by atoms with Gasteiger partial charge in [-0.15, -0.1) is 0 Å². The van der Waals surface area contributed by atoms with Crippen LogP contribution >= 0.6 is 21.6 Å². The molecule has 58 heavy (non-hydrogen) atoms. The van der Waals surface area contributed by atoms with E-state index in [2.05, 4.69) is 29.9 Å². The monoisotopic (exact) mass is 883 g/mol. The Bertz CT molecular complexity index is 1330. The van der Waals surface area contributed by atoms with Crippen LogP contribution in [0.3, 0.4) is 0 Å². The summed E-state index contributed by atoms with van der Waals surface area (Å²) in [6, 6.07) is 6.56. The van der Waals surface area contributed by atoms with E-state index in [4.69, 9.17) is 18.9 Å². The second-order valence-electron chi connectivity index (χ2n) is 16.4. The zero-order valence-electron chi connectivity index (χ0n) is 34.2. The van der Waals surface area contributed by atoms with E-state index in [1.165, 1.54) is 48.8 Å². The van der Waals surface area contributed by atoms with Crippen molar-refractivity contribution in [3.05, 3.63) is 29.3 Å². The predicted molar refractivity (Wildman–Crippen MR) is 210 cm³/mol. The van der Waals surface area contributed by atoms with Crippen molar-refractivity contribution in [1.82, 2.24) is 4.90 Å². The smallest absolute Gasteiger partial charge is 0.435 e. The molecule has 0 bridgehead atoms. The van der Waals surface area contributed by atoms with E-state index in [1.807, 2.05) is 21.6 Å². The fraction of sp³-hybridized carbons (Fsp3) is 0.854. The maximum absolute atomic E-state index is 13.2. The molecule has 3 aliphatic rings. The largest absolute Gasteiger partial charge is 0.494 e. The number of aryl methyl sites for hydroxylation is 1. The Hall–Kier alpha value is -1.11. The fourth-order valence-corrected chi connectivity index (χ4v) is 11.7. The number of benzene rings is 1. The summed E-state index contributed by atoms with van der Waals surface area (Å²) in [6.45, 7) is 2.68. The van der Waals surface area contributed by atoms with Crippen LogP contribution in [0, 0.1) is 23.2 Å². The summed E-state index contributed by atoms with van der Waals surface area (Å²) in [5.74, 6) is 5.02. The minimum absolute atomic E-state index is 0.0682. The molecule has 5 unspecified atom stereocenters. The number of likely N-dealkylation sites (N-methyl/N-ethyl adjacent to an activating group) is 1. The molecule has 0 aromatic heterocycles. The van der Waals surface area contributed by atoms with Gasteiger partial charge >= 0.3 is 24.1 Å². The maximum Gasteiger partial charge on any atom is 0.435 e. The van der Waals surface area contributed by atoms with E-state index in [9.17, 15) is 39.5 Å². The number of nitrogens with zero attached hydrogens (tertiary/aromatic N) is 1. The van der Waals surface area contributed by atoms with Gasteiger partial charge in [-0.3, -0.25) is 0 Å². The van der Waals surface area contributed by atoms with Crippen LogP contribution in [0.15, 0.2) is 18.2 Å². The Morgan fingerprint density at radius 1 is 0.776 bits per heavy atom. The molecule has 0 aliphatic heterocycles. The van der Waals surface area contributed by atoms with Gasteiger partial charge in [0, 0.05) is 44.7 Å². The van der Waals surface area contributed by atoms with E-state index in [0.29, 0.717) is 30.3 Å². The van der Waals surface area contributed by atoms with Crippen molar-refractivity contribution in [3.8, 4) is 5.75 Å². The van der Waals surface area contributed by atoms with E-state index in [1.54, 1.807) is 14.2 Å². The van der Waals surface area contributed by atoms with Gasteiger partial charge in [0.05, 0.1) is 39.1 Å². The van der Waals surface area contributed by atoms with E-state index < -0.39 is 37.3 Å². The van der Waals surface area contributed by atoms with Gasteiger partial charge in [0.1, 0.15) is 5.75 Å². The number of rotatable bonds is 25. The summed E-state index contributed by atoms with van der Waals surface area (Å²) < 4.78 is 145. The zero-order valence-corrected chi connectivity index (χ0v) is 35.8. The summed E-state index contributed by atoms with van der Waals surface area (Å²) in [6.07, 6.45) is -7.35. The first-order chi connectivity index (χ1) is 27.4. The van der Waals surface area contributed by atoms with Crippen LogP contribution in [0.25, 0.3) is 0 Å². The maximum atomic E-state index is 13.2. The normalized spacial score (nSPS) is 24.0. The first-order valence-electron chi connectivity index (χ1n) is 20.5. The third-order valence-corrected chi connectivity index (χ3v) is 15.1. The van der Waals surface area contributed by atoms with Crippen molar-refractivity contribution in [2.45, 2.75) is 120 Å². The van der Waals surface area contributed by atoms with Gasteiger partial charge < -0.3 is 28.6 Å². The molecule has 4 rings (SSSR count). The molecule has 2 fully saturated rings. The van der Waals surface area contributed by atoms with Gasteiger partial charge in [-0.25, -0.2) is 0 Å². The first kappa shape index (κ1) is 49.5. The quantitative estimate of drug-likeness (QED) is 0.0547. The van der Waals surface area contributed by atoms with Gasteiger partial charge in [-0.1, -0.05) is 53.8 Å². The molecule has 1 aromatic carbocycles. The molecular weight excluding hydrogens is 822 g/mol. The van der Waals surface area contributed by atoms with Crippen LogP contribution in [-0.2, 0) is 25.4 Å². The van der Waals surface area contributed by atoms with E-state index >= 15 is 0 Å². The number of fused-ring (bicyclic) bond motifs is 5. The first-order valence-corrected chi connectivity index (χ1v) is 23.0. The molecule has 0 heterocycles. The molecule has 5 atom stereocenters. The Morgan fingerprint density at radius 3 is 2.07 bits per heavy atom. The molecule has 0 amide bonds. The molecule has 0 N–H and O–H groups in total. The Kier molecular flexibility index (Phi) is 19.1. The van der Waals surface area contributed by atoms with Crippen molar-refractivity contribution in [2.24, 2.45) is 23.2 Å². The number of halogens is 9. The van der Waals surface area contributed by atoms with Crippen molar-refractivity contribution in [3.63, 3.8) is 0 Å². The number of ether oxygens (including phenoxy) is 5. The van der Waals surface area contributed by atoms with Gasteiger partial charge in [0.2, 0.25) is 0 Å². The number of alkyl halides is 9. The highest BCUT2D eigenvalue weighted by molar-refractivity contribution is 8.76. The lowest BCUT2D eigenvalue weighted by molar-refractivity contribution is -0.457. The second-order valence-corrected chi connectivity index (χ2v) is 19.1. The zero-order chi connectivity index (χ0) is 42.6. The third-order valence-electron chi connectivity index (χ3n) is 12.5. The lowest BCUT2D eigenvalue weighted by Gasteiger charge is -2.50. The molecule has 2 saturated carbocycles. The van der Waals surface area contributed by atoms with Gasteiger partial charge in [0.15, 0.2) is 0 Å². The number of methoxy groups -OCH3 is 2. The van der Waals surface area contributed by atoms with Crippen molar-refractivity contribution in [1.29, 1.82) is 0 Å². The van der Waals surface area contributed by atoms with Crippen LogP contribution in [0.1, 0.15) is 94.6 Å². The topological polar surface area (TPSA) is 49.4 Å². The van der Waals surface area contributed by atoms with Crippen LogP contribution in [0.2, 0.25) is 0 Å². The lowest BCUT2D eigenvalue weighted by Crippen LogP contribution is -2.68. The van der Waals surface area contributed by atoms with Crippen LogP contribution in [0.5, 0.6) is 5.75 Å². The Morgan fingerprint density at radius 2 is 1.41 bits per heavy atom. The Balaban J connectivity index is 1.13. The molecule has 0 saturated heterocycles. The molecule has 6 nitrogen and oxygen atoms in total. The van der Waals surface area contributed by atoms with Crippen LogP contribution < -0.4 is 4.74 Å². The number of hydrogen-bond donors (Lipinski definition) is 0. The van der Waals surface area contributed by atoms with Gasteiger partial charge in [0.25, 0.3) is 0 Å². The summed E-state index contributed by atoms with van der Waals surface area (Å²) >= 11 is 0. The highest BCUT2D eigenvalue weighted by Crippen LogP contribution is 2.62. The third kappa shape index (κ3) is 12.5. The average Bonchev–Trinajstić information content (AvgIpc) is 3.48. The van der Waals surface area contributed by atoms with Gasteiger partial charge in [-0.2, -0.15) is 39.5 Å². The lowest BCUT2D eigenvalue weighted by atomic mass is 9.55. The molecule has 336 valence electrons. The summed E-state index contributed by atoms with van der Waals surface area (Å²) in [7, 11) is 8.73. The SMILES string of the molecule is COCC(CCCCCCSSCCCOc1ccc2c(c1)CCC1C2CCC2(C)C(OCCN(C)CCOC(C(F)(F)F)(C(F)(F)F)C(F)(F)F)CCC12)COC. The average molecular weight is 884 g/mol. The van der Waals surface area contributed by atoms with Crippen molar-refractivity contribution >= 4 is 21.6 Å². The summed E-state index contributed by atoms with van der Waals surface area (Å²) in [5, 5.41) is 0.